The molecule has 0 amide bonds. The summed E-state index contributed by atoms with van der Waals surface area (Å²) in [5.41, 5.74) is 6.77. The molecule has 0 radical (unpaired) electrons. The van der Waals surface area contributed by atoms with Gasteiger partial charge in [0.05, 0.1) is 11.0 Å². The Balaban J connectivity index is 1.44. The molecule has 0 fully saturated rings. The van der Waals surface area contributed by atoms with Crippen LogP contribution in [0.15, 0.2) is 102 Å². The molecule has 0 unspecified atom stereocenters. The van der Waals surface area contributed by atoms with Crippen LogP contribution in [-0.4, -0.2) is 14.7 Å². The summed E-state index contributed by atoms with van der Waals surface area (Å²) in [7, 11) is 0. The first kappa shape index (κ1) is 20.4. The minimum Gasteiger partial charge on any atom is -0.334 e. The van der Waals surface area contributed by atoms with Crippen LogP contribution in [0.4, 0.5) is 0 Å². The summed E-state index contributed by atoms with van der Waals surface area (Å²) in [6, 6.07) is 33.6. The maximum absolute atomic E-state index is 5.55. The van der Waals surface area contributed by atoms with Gasteiger partial charge in [-0.05, 0) is 53.4 Å². The molecule has 0 aliphatic carbocycles. The average molecular weight is 444 g/mol. The van der Waals surface area contributed by atoms with Crippen molar-refractivity contribution < 1.29 is 4.52 Å². The van der Waals surface area contributed by atoms with Gasteiger partial charge in [0.15, 0.2) is 0 Å². The zero-order valence-corrected chi connectivity index (χ0v) is 19.5. The van der Waals surface area contributed by atoms with Gasteiger partial charge in [0, 0.05) is 27.6 Å². The lowest BCUT2D eigenvalue weighted by molar-refractivity contribution is 0.432. The summed E-state index contributed by atoms with van der Waals surface area (Å²) >= 11 is 0. The summed E-state index contributed by atoms with van der Waals surface area (Å²) in [6.45, 7) is 6.77. The van der Waals surface area contributed by atoms with Crippen molar-refractivity contribution in [2.45, 2.75) is 26.2 Å². The van der Waals surface area contributed by atoms with Crippen molar-refractivity contribution in [2.24, 2.45) is 0 Å². The van der Waals surface area contributed by atoms with E-state index in [9.17, 15) is 0 Å². The second-order valence-corrected chi connectivity index (χ2v) is 9.67. The maximum Gasteiger partial charge on any atom is 0.258 e. The van der Waals surface area contributed by atoms with E-state index in [1.807, 2.05) is 42.5 Å². The minimum absolute atomic E-state index is 0.0989. The molecule has 34 heavy (non-hydrogen) atoms. The lowest BCUT2D eigenvalue weighted by Gasteiger charge is -2.19. The molecule has 0 saturated carbocycles. The molecule has 4 nitrogen and oxygen atoms in total. The van der Waals surface area contributed by atoms with Gasteiger partial charge in [0.25, 0.3) is 5.89 Å². The van der Waals surface area contributed by atoms with Crippen LogP contribution in [0.25, 0.3) is 50.3 Å². The predicted molar refractivity (Wildman–Crippen MR) is 138 cm³/mol. The van der Waals surface area contributed by atoms with E-state index >= 15 is 0 Å². The Morgan fingerprint density at radius 3 is 2.15 bits per heavy atom. The summed E-state index contributed by atoms with van der Waals surface area (Å²) in [6.07, 6.45) is 0. The molecule has 4 aromatic carbocycles. The van der Waals surface area contributed by atoms with Crippen molar-refractivity contribution in [3.05, 3.63) is 103 Å². The molecule has 2 heterocycles. The molecule has 6 aromatic rings. The van der Waals surface area contributed by atoms with Gasteiger partial charge in [0.2, 0.25) is 5.82 Å². The number of hydrogen-bond donors (Lipinski definition) is 0. The molecule has 0 bridgehead atoms. The van der Waals surface area contributed by atoms with Crippen LogP contribution >= 0.6 is 0 Å². The molecule has 0 saturated heterocycles. The van der Waals surface area contributed by atoms with Crippen LogP contribution < -0.4 is 0 Å². The predicted octanol–water partition coefficient (Wildman–Crippen LogP) is 7.80. The first-order chi connectivity index (χ1) is 16.5. The van der Waals surface area contributed by atoms with E-state index in [1.54, 1.807) is 0 Å². The second kappa shape index (κ2) is 7.70. The van der Waals surface area contributed by atoms with E-state index in [2.05, 4.69) is 90.1 Å². The smallest absolute Gasteiger partial charge is 0.258 e. The Labute approximate surface area is 198 Å². The first-order valence-electron chi connectivity index (χ1n) is 11.5. The van der Waals surface area contributed by atoms with E-state index in [0.29, 0.717) is 11.7 Å². The molecule has 2 aromatic heterocycles. The van der Waals surface area contributed by atoms with Gasteiger partial charge in [-0.1, -0.05) is 80.5 Å². The van der Waals surface area contributed by atoms with Gasteiger partial charge in [-0.3, -0.25) is 0 Å². The van der Waals surface area contributed by atoms with Crippen molar-refractivity contribution in [2.75, 3.05) is 0 Å². The van der Waals surface area contributed by atoms with Gasteiger partial charge in [-0.15, -0.1) is 0 Å². The zero-order chi connectivity index (χ0) is 23.3. The Hall–Kier alpha value is -4.18. The SMILES string of the molecule is CC(C)(C)c1ccc2c(c1)c1ccccc1n2-c1ccc(-c2nc(-c3ccccc3)no2)cc1. The Bertz CT molecular complexity index is 1620. The maximum atomic E-state index is 5.55. The van der Waals surface area contributed by atoms with Crippen LogP contribution in [0.3, 0.4) is 0 Å². The van der Waals surface area contributed by atoms with Gasteiger partial charge in [-0.25, -0.2) is 0 Å². The number of nitrogens with zero attached hydrogens (tertiary/aromatic N) is 3. The normalized spacial score (nSPS) is 12.0. The molecule has 0 atom stereocenters. The van der Waals surface area contributed by atoms with Crippen molar-refractivity contribution in [1.82, 2.24) is 14.7 Å². The van der Waals surface area contributed by atoms with Gasteiger partial charge < -0.3 is 9.09 Å². The zero-order valence-electron chi connectivity index (χ0n) is 19.5. The molecular weight excluding hydrogens is 418 g/mol. The van der Waals surface area contributed by atoms with Crippen LogP contribution in [-0.2, 0) is 5.41 Å². The molecule has 6 rings (SSSR count). The first-order valence-corrected chi connectivity index (χ1v) is 11.5. The lowest BCUT2D eigenvalue weighted by Crippen LogP contribution is -2.10. The molecule has 0 spiro atoms. The number of aromatic nitrogens is 3. The minimum atomic E-state index is 0.0989. The third-order valence-electron chi connectivity index (χ3n) is 6.37. The summed E-state index contributed by atoms with van der Waals surface area (Å²) in [4.78, 5) is 4.59. The van der Waals surface area contributed by atoms with Crippen molar-refractivity contribution in [1.29, 1.82) is 0 Å². The van der Waals surface area contributed by atoms with Crippen LogP contribution in [0.1, 0.15) is 26.3 Å². The Kier molecular flexibility index (Phi) is 4.63. The number of benzene rings is 4. The fourth-order valence-corrected chi connectivity index (χ4v) is 4.52. The average Bonchev–Trinajstić information content (AvgIpc) is 3.47. The highest BCUT2D eigenvalue weighted by Crippen LogP contribution is 2.35. The van der Waals surface area contributed by atoms with E-state index in [0.717, 1.165) is 16.8 Å². The number of para-hydroxylation sites is 1. The fourth-order valence-electron chi connectivity index (χ4n) is 4.52. The van der Waals surface area contributed by atoms with Gasteiger partial charge >= 0.3 is 0 Å². The van der Waals surface area contributed by atoms with Gasteiger partial charge in [-0.2, -0.15) is 4.98 Å². The Morgan fingerprint density at radius 2 is 1.38 bits per heavy atom. The highest BCUT2D eigenvalue weighted by atomic mass is 16.5. The topological polar surface area (TPSA) is 43.9 Å². The molecular formula is C30H25N3O. The van der Waals surface area contributed by atoms with Gasteiger partial charge in [0.1, 0.15) is 0 Å². The van der Waals surface area contributed by atoms with E-state index in [4.69, 9.17) is 4.52 Å². The van der Waals surface area contributed by atoms with Crippen molar-refractivity contribution >= 4 is 21.8 Å². The molecule has 166 valence electrons. The highest BCUT2D eigenvalue weighted by Gasteiger charge is 2.18. The second-order valence-electron chi connectivity index (χ2n) is 9.67. The van der Waals surface area contributed by atoms with Crippen LogP contribution in [0.2, 0.25) is 0 Å². The fraction of sp³-hybridized carbons (Fsp3) is 0.133. The van der Waals surface area contributed by atoms with E-state index in [1.165, 1.54) is 27.4 Å². The number of hydrogen-bond acceptors (Lipinski definition) is 3. The van der Waals surface area contributed by atoms with Crippen LogP contribution in [0, 0.1) is 0 Å². The standard InChI is InChI=1S/C30H25N3O/c1-30(2,3)22-15-18-27-25(19-22)24-11-7-8-12-26(24)33(27)23-16-13-21(14-17-23)29-31-28(32-34-29)20-9-5-4-6-10-20/h4-19H,1-3H3. The molecule has 4 heteroatoms. The molecule has 0 N–H and O–H groups in total. The number of fused-ring (bicyclic) bond motifs is 3. The molecule has 0 aliphatic heterocycles. The third-order valence-corrected chi connectivity index (χ3v) is 6.37. The summed E-state index contributed by atoms with van der Waals surface area (Å²) in [5, 5.41) is 6.69. The monoisotopic (exact) mass is 443 g/mol. The molecule has 0 aliphatic rings. The Morgan fingerprint density at radius 1 is 0.676 bits per heavy atom. The quantitative estimate of drug-likeness (QED) is 0.280. The highest BCUT2D eigenvalue weighted by molar-refractivity contribution is 6.09. The van der Waals surface area contributed by atoms with E-state index in [-0.39, 0.29) is 5.41 Å². The number of rotatable bonds is 3. The van der Waals surface area contributed by atoms with E-state index < -0.39 is 0 Å². The van der Waals surface area contributed by atoms with Crippen molar-refractivity contribution in [3.8, 4) is 28.5 Å². The van der Waals surface area contributed by atoms with Crippen molar-refractivity contribution in [3.63, 3.8) is 0 Å². The lowest BCUT2D eigenvalue weighted by atomic mass is 9.86. The third kappa shape index (κ3) is 3.39. The largest absolute Gasteiger partial charge is 0.334 e. The summed E-state index contributed by atoms with van der Waals surface area (Å²) in [5.74, 6) is 1.11. The summed E-state index contributed by atoms with van der Waals surface area (Å²) < 4.78 is 7.88. The van der Waals surface area contributed by atoms with Crippen LogP contribution in [0.5, 0.6) is 0 Å².